The quantitative estimate of drug-likeness (QED) is 0.639. The summed E-state index contributed by atoms with van der Waals surface area (Å²) in [6.07, 6.45) is 0. The predicted molar refractivity (Wildman–Crippen MR) is 66.2 cm³/mol. The Kier molecular flexibility index (Phi) is 3.67. The number of likely N-dealkylation sites (N-methyl/N-ethyl adjacent to an activating group) is 1. The molecule has 1 aliphatic rings. The Morgan fingerprint density at radius 1 is 1.17 bits per heavy atom. The van der Waals surface area contributed by atoms with Gasteiger partial charge < -0.3 is 9.31 Å². The van der Waals surface area contributed by atoms with Gasteiger partial charge in [0.25, 0.3) is 0 Å². The standard InChI is InChI=1S/C12H14BNO4/c1-9-4-3-5-10(6-9)13-17-11(15)7-14(2)8-12(16)18-13/h3-6H,7-8H2,1-2H3. The van der Waals surface area contributed by atoms with Gasteiger partial charge in [0.2, 0.25) is 0 Å². The molecule has 18 heavy (non-hydrogen) atoms. The number of hydrogen-bond donors (Lipinski definition) is 0. The van der Waals surface area contributed by atoms with Crippen LogP contribution >= 0.6 is 0 Å². The van der Waals surface area contributed by atoms with Gasteiger partial charge in [0.05, 0.1) is 13.1 Å². The maximum atomic E-state index is 11.6. The fourth-order valence-electron chi connectivity index (χ4n) is 1.79. The molecule has 1 heterocycles. The summed E-state index contributed by atoms with van der Waals surface area (Å²) in [4.78, 5) is 24.7. The largest absolute Gasteiger partial charge is 0.636 e. The van der Waals surface area contributed by atoms with E-state index >= 15 is 0 Å². The maximum absolute atomic E-state index is 11.6. The van der Waals surface area contributed by atoms with Gasteiger partial charge >= 0.3 is 19.1 Å². The van der Waals surface area contributed by atoms with E-state index < -0.39 is 19.1 Å². The lowest BCUT2D eigenvalue weighted by Gasteiger charge is -2.22. The molecule has 1 fully saturated rings. The van der Waals surface area contributed by atoms with Crippen LogP contribution in [-0.2, 0) is 18.9 Å². The van der Waals surface area contributed by atoms with Gasteiger partial charge in [-0.15, -0.1) is 0 Å². The Balaban J connectivity index is 2.20. The Labute approximate surface area is 106 Å². The molecule has 0 saturated carbocycles. The molecule has 0 unspecified atom stereocenters. The highest BCUT2D eigenvalue weighted by molar-refractivity contribution is 6.64. The van der Waals surface area contributed by atoms with Crippen LogP contribution in [0.1, 0.15) is 5.56 Å². The molecule has 2 rings (SSSR count). The molecular formula is C12H14BNO4. The number of nitrogens with zero attached hydrogens (tertiary/aromatic N) is 1. The van der Waals surface area contributed by atoms with Crippen LogP contribution in [0.15, 0.2) is 24.3 Å². The second kappa shape index (κ2) is 5.22. The van der Waals surface area contributed by atoms with Crippen LogP contribution in [0.2, 0.25) is 0 Å². The predicted octanol–water partition coefficient (Wildman–Crippen LogP) is -0.278. The van der Waals surface area contributed by atoms with E-state index in [0.717, 1.165) is 5.56 Å². The van der Waals surface area contributed by atoms with E-state index in [0.29, 0.717) is 5.46 Å². The summed E-state index contributed by atoms with van der Waals surface area (Å²) < 4.78 is 10.3. The number of carbonyl (C=O) groups is 2. The minimum atomic E-state index is -0.946. The number of hydrogen-bond acceptors (Lipinski definition) is 5. The molecule has 1 aliphatic heterocycles. The van der Waals surface area contributed by atoms with Gasteiger partial charge in [-0.25, -0.2) is 0 Å². The van der Waals surface area contributed by atoms with Gasteiger partial charge in [-0.05, 0) is 14.0 Å². The van der Waals surface area contributed by atoms with Gasteiger partial charge in [0, 0.05) is 5.46 Å². The van der Waals surface area contributed by atoms with Gasteiger partial charge in [-0.3, -0.25) is 14.5 Å². The van der Waals surface area contributed by atoms with Crippen LogP contribution in [0.4, 0.5) is 0 Å². The molecule has 1 saturated heterocycles. The lowest BCUT2D eigenvalue weighted by Crippen LogP contribution is -2.47. The van der Waals surface area contributed by atoms with Crippen LogP contribution in [-0.4, -0.2) is 44.1 Å². The van der Waals surface area contributed by atoms with Crippen LogP contribution < -0.4 is 5.46 Å². The molecule has 0 atom stereocenters. The lowest BCUT2D eigenvalue weighted by atomic mass is 9.78. The third kappa shape index (κ3) is 3.10. The smallest absolute Gasteiger partial charge is 0.494 e. The third-order valence-corrected chi connectivity index (χ3v) is 2.59. The first kappa shape index (κ1) is 12.6. The van der Waals surface area contributed by atoms with Crippen molar-refractivity contribution in [3.8, 4) is 0 Å². The molecule has 0 radical (unpaired) electrons. The van der Waals surface area contributed by atoms with Crippen LogP contribution in [0.25, 0.3) is 0 Å². The van der Waals surface area contributed by atoms with E-state index in [-0.39, 0.29) is 13.1 Å². The Bertz CT molecular complexity index is 457. The van der Waals surface area contributed by atoms with Crippen molar-refractivity contribution < 1.29 is 18.9 Å². The fraction of sp³-hybridized carbons (Fsp3) is 0.333. The first-order chi connectivity index (χ1) is 8.54. The lowest BCUT2D eigenvalue weighted by molar-refractivity contribution is -0.145. The van der Waals surface area contributed by atoms with Crippen molar-refractivity contribution in [3.05, 3.63) is 29.8 Å². The second-order valence-electron chi connectivity index (χ2n) is 4.40. The zero-order valence-electron chi connectivity index (χ0n) is 10.4. The molecule has 0 N–H and O–H groups in total. The molecular weight excluding hydrogens is 233 g/mol. The Morgan fingerprint density at radius 3 is 2.33 bits per heavy atom. The van der Waals surface area contributed by atoms with E-state index in [9.17, 15) is 9.59 Å². The summed E-state index contributed by atoms with van der Waals surface area (Å²) in [6.45, 7) is 2.08. The van der Waals surface area contributed by atoms with E-state index in [2.05, 4.69) is 0 Å². The molecule has 1 aromatic carbocycles. The normalized spacial score (nSPS) is 17.8. The highest BCUT2D eigenvalue weighted by Gasteiger charge is 2.33. The van der Waals surface area contributed by atoms with Crippen molar-refractivity contribution >= 4 is 24.5 Å². The van der Waals surface area contributed by atoms with Crippen LogP contribution in [0.3, 0.4) is 0 Å². The van der Waals surface area contributed by atoms with E-state index in [1.807, 2.05) is 25.1 Å². The molecule has 5 nitrogen and oxygen atoms in total. The first-order valence-electron chi connectivity index (χ1n) is 5.68. The third-order valence-electron chi connectivity index (χ3n) is 2.59. The molecule has 0 aromatic heterocycles. The average molecular weight is 247 g/mol. The molecule has 0 amide bonds. The number of rotatable bonds is 1. The Hall–Kier alpha value is -1.82. The number of benzene rings is 1. The summed E-state index contributed by atoms with van der Waals surface area (Å²) in [5.74, 6) is -0.812. The fourth-order valence-corrected chi connectivity index (χ4v) is 1.79. The van der Waals surface area contributed by atoms with Crippen molar-refractivity contribution in [3.63, 3.8) is 0 Å². The van der Waals surface area contributed by atoms with Crippen LogP contribution in [0, 0.1) is 6.92 Å². The zero-order valence-corrected chi connectivity index (χ0v) is 10.4. The summed E-state index contributed by atoms with van der Waals surface area (Å²) in [5.41, 5.74) is 1.68. The number of carbonyl (C=O) groups excluding carboxylic acids is 2. The molecule has 0 spiro atoms. The average Bonchev–Trinajstić information content (AvgIpc) is 2.25. The van der Waals surface area contributed by atoms with Crippen molar-refractivity contribution in [2.24, 2.45) is 0 Å². The minimum Gasteiger partial charge on any atom is -0.494 e. The molecule has 1 aromatic rings. The maximum Gasteiger partial charge on any atom is 0.636 e. The summed E-state index contributed by atoms with van der Waals surface area (Å²) >= 11 is 0. The van der Waals surface area contributed by atoms with E-state index in [4.69, 9.17) is 9.31 Å². The molecule has 0 aliphatic carbocycles. The molecule has 0 bridgehead atoms. The minimum absolute atomic E-state index is 0.0808. The highest BCUT2D eigenvalue weighted by Crippen LogP contribution is 2.02. The van der Waals surface area contributed by atoms with E-state index in [1.165, 1.54) is 0 Å². The van der Waals surface area contributed by atoms with Crippen molar-refractivity contribution in [1.29, 1.82) is 0 Å². The van der Waals surface area contributed by atoms with Crippen molar-refractivity contribution in [1.82, 2.24) is 4.90 Å². The SMILES string of the molecule is Cc1cccc(B2OC(=O)CN(C)CC(=O)O2)c1. The Morgan fingerprint density at radius 2 is 1.78 bits per heavy atom. The van der Waals surface area contributed by atoms with E-state index in [1.54, 1.807) is 18.0 Å². The van der Waals surface area contributed by atoms with Gasteiger partial charge in [0.15, 0.2) is 0 Å². The highest BCUT2D eigenvalue weighted by atomic mass is 16.6. The topological polar surface area (TPSA) is 55.8 Å². The van der Waals surface area contributed by atoms with Gasteiger partial charge in [0.1, 0.15) is 0 Å². The monoisotopic (exact) mass is 247 g/mol. The summed E-state index contributed by atoms with van der Waals surface area (Å²) in [5, 5.41) is 0. The zero-order chi connectivity index (χ0) is 13.1. The van der Waals surface area contributed by atoms with Gasteiger partial charge in [-0.1, -0.05) is 29.8 Å². The van der Waals surface area contributed by atoms with Crippen LogP contribution in [0.5, 0.6) is 0 Å². The molecule has 94 valence electrons. The number of aryl methyl sites for hydroxylation is 1. The van der Waals surface area contributed by atoms with Crippen molar-refractivity contribution in [2.45, 2.75) is 6.92 Å². The van der Waals surface area contributed by atoms with Gasteiger partial charge in [-0.2, -0.15) is 0 Å². The molecule has 6 heteroatoms. The second-order valence-corrected chi connectivity index (χ2v) is 4.40. The van der Waals surface area contributed by atoms with Crippen molar-refractivity contribution in [2.75, 3.05) is 20.1 Å². The summed E-state index contributed by atoms with van der Waals surface area (Å²) in [7, 11) is 0.716. The summed E-state index contributed by atoms with van der Waals surface area (Å²) in [6, 6.07) is 7.35. The first-order valence-corrected chi connectivity index (χ1v) is 5.68.